The third-order valence-corrected chi connectivity index (χ3v) is 7.04. The number of alkyl carbamates (subject to hydrolysis) is 1. The minimum atomic E-state index is -4.81. The predicted octanol–water partition coefficient (Wildman–Crippen LogP) is 3.94. The van der Waals surface area contributed by atoms with E-state index in [1.165, 1.54) is 22.9 Å². The molecule has 3 N–H and O–H groups in total. The second-order valence-corrected chi connectivity index (χ2v) is 9.86. The Kier molecular flexibility index (Phi) is 5.69. The molecule has 7 rings (SSSR count). The quantitative estimate of drug-likeness (QED) is 0.381. The fraction of sp³-hybridized carbons (Fsp3) is 0.524. The highest BCUT2D eigenvalue weighted by atomic mass is 35.5. The summed E-state index contributed by atoms with van der Waals surface area (Å²) in [6.45, 7) is -0.930. The van der Waals surface area contributed by atoms with Crippen molar-refractivity contribution in [2.45, 2.75) is 56.2 Å². The van der Waals surface area contributed by atoms with Gasteiger partial charge in [0.15, 0.2) is 23.7 Å². The Morgan fingerprint density at radius 2 is 2.14 bits per heavy atom. The molecule has 0 radical (unpaired) electrons. The summed E-state index contributed by atoms with van der Waals surface area (Å²) in [6.07, 6.45) is -3.85. The maximum Gasteiger partial charge on any atom is 0.522 e. The van der Waals surface area contributed by atoms with Crippen molar-refractivity contribution in [1.29, 1.82) is 0 Å². The second-order valence-electron chi connectivity index (χ2n) is 9.45. The van der Waals surface area contributed by atoms with Gasteiger partial charge in [0, 0.05) is 17.8 Å². The Bertz CT molecular complexity index is 1330. The standard InChI is InChI=1S/C21H20ClF4N7O4/c22-11-5-27-18(33-6-10(28-17(11)33)7-36-21(24,25)26)29-14-1-12(31-32-14)16-15(23)13(8-35-16)37-19(34)30-20-2-9(3-20)4-20/h1,5-6,9,13,15-16H,2-4,7-8H2,(H,30,34)(H2,27,29,31,32)/t9?,13-,15+,16-,20?/m0/s1. The van der Waals surface area contributed by atoms with Crippen LogP contribution in [0.25, 0.3) is 5.65 Å². The van der Waals surface area contributed by atoms with Crippen molar-refractivity contribution >= 4 is 35.1 Å². The minimum Gasteiger partial charge on any atom is -0.441 e. The summed E-state index contributed by atoms with van der Waals surface area (Å²) in [5.41, 5.74) is 0.229. The first-order valence-electron chi connectivity index (χ1n) is 11.4. The van der Waals surface area contributed by atoms with Gasteiger partial charge in [-0.15, -0.1) is 13.2 Å². The van der Waals surface area contributed by atoms with Crippen LogP contribution in [-0.2, 0) is 20.8 Å². The van der Waals surface area contributed by atoms with Crippen LogP contribution < -0.4 is 10.6 Å². The van der Waals surface area contributed by atoms with Gasteiger partial charge in [-0.1, -0.05) is 11.6 Å². The molecule has 11 nitrogen and oxygen atoms in total. The van der Waals surface area contributed by atoms with Crippen molar-refractivity contribution in [2.24, 2.45) is 5.92 Å². The average Bonchev–Trinajstić information content (AvgIpc) is 3.50. The molecule has 1 saturated heterocycles. The number of imidazole rings is 1. The molecule has 198 valence electrons. The van der Waals surface area contributed by atoms with Crippen molar-refractivity contribution in [1.82, 2.24) is 29.9 Å². The van der Waals surface area contributed by atoms with E-state index in [0.717, 1.165) is 19.3 Å². The Balaban J connectivity index is 1.11. The second kappa shape index (κ2) is 8.70. The van der Waals surface area contributed by atoms with Crippen molar-refractivity contribution in [2.75, 3.05) is 11.9 Å². The van der Waals surface area contributed by atoms with E-state index in [0.29, 0.717) is 5.92 Å². The van der Waals surface area contributed by atoms with Gasteiger partial charge in [-0.25, -0.2) is 19.2 Å². The van der Waals surface area contributed by atoms with E-state index in [9.17, 15) is 18.0 Å². The van der Waals surface area contributed by atoms with Crippen molar-refractivity contribution < 1.29 is 36.6 Å². The highest BCUT2D eigenvalue weighted by Gasteiger charge is 2.58. The monoisotopic (exact) mass is 545 g/mol. The van der Waals surface area contributed by atoms with Gasteiger partial charge >= 0.3 is 12.5 Å². The summed E-state index contributed by atoms with van der Waals surface area (Å²) >= 11 is 6.08. The molecule has 1 amide bonds. The molecule has 0 spiro atoms. The molecule has 16 heteroatoms. The number of aromatic nitrogens is 5. The summed E-state index contributed by atoms with van der Waals surface area (Å²) in [5, 5.41) is 12.6. The van der Waals surface area contributed by atoms with Gasteiger partial charge in [-0.05, 0) is 25.2 Å². The minimum absolute atomic E-state index is 0.0262. The number of carbonyl (C=O) groups is 1. The Morgan fingerprint density at radius 1 is 1.35 bits per heavy atom. The number of rotatable bonds is 7. The van der Waals surface area contributed by atoms with E-state index in [1.54, 1.807) is 0 Å². The summed E-state index contributed by atoms with van der Waals surface area (Å²) in [5.74, 6) is 1.03. The number of ether oxygens (including phenoxy) is 3. The molecule has 0 unspecified atom stereocenters. The number of aromatic amines is 1. The van der Waals surface area contributed by atoms with Crippen molar-refractivity contribution in [3.8, 4) is 0 Å². The molecule has 2 bridgehead atoms. The molecule has 3 atom stereocenters. The molecule has 3 aliphatic carbocycles. The summed E-state index contributed by atoms with van der Waals surface area (Å²) in [4.78, 5) is 20.3. The van der Waals surface area contributed by atoms with Crippen LogP contribution in [0.4, 0.5) is 34.1 Å². The Labute approximate surface area is 210 Å². The van der Waals surface area contributed by atoms with Gasteiger partial charge in [-0.3, -0.25) is 14.2 Å². The largest absolute Gasteiger partial charge is 0.522 e. The number of nitrogens with zero attached hydrogens (tertiary/aromatic N) is 4. The van der Waals surface area contributed by atoms with E-state index in [4.69, 9.17) is 21.1 Å². The molecular formula is C21H20ClF4N7O4. The number of nitrogens with one attached hydrogen (secondary N) is 3. The lowest BCUT2D eigenvalue weighted by Gasteiger charge is -2.61. The fourth-order valence-corrected chi connectivity index (χ4v) is 5.11. The van der Waals surface area contributed by atoms with Crippen LogP contribution in [0.2, 0.25) is 5.02 Å². The van der Waals surface area contributed by atoms with Gasteiger partial charge in [0.1, 0.15) is 11.1 Å². The Hall–Kier alpha value is -3.17. The van der Waals surface area contributed by atoms with Gasteiger partial charge in [0.2, 0.25) is 5.95 Å². The number of amides is 1. The fourth-order valence-electron chi connectivity index (χ4n) is 4.93. The van der Waals surface area contributed by atoms with Crippen LogP contribution in [0.5, 0.6) is 0 Å². The zero-order chi connectivity index (χ0) is 25.9. The normalized spacial score (nSPS) is 28.6. The zero-order valence-corrected chi connectivity index (χ0v) is 19.6. The zero-order valence-electron chi connectivity index (χ0n) is 18.9. The summed E-state index contributed by atoms with van der Waals surface area (Å²) in [7, 11) is 0. The lowest BCUT2D eigenvalue weighted by Crippen LogP contribution is -2.68. The van der Waals surface area contributed by atoms with Gasteiger partial charge < -0.3 is 20.1 Å². The molecule has 4 fully saturated rings. The highest BCUT2D eigenvalue weighted by Crippen LogP contribution is 2.57. The summed E-state index contributed by atoms with van der Waals surface area (Å²) < 4.78 is 68.2. The molecule has 4 heterocycles. The molecule has 1 aliphatic heterocycles. The number of fused-ring (bicyclic) bond motifs is 1. The smallest absolute Gasteiger partial charge is 0.441 e. The van der Waals surface area contributed by atoms with E-state index in [2.05, 4.69) is 35.5 Å². The van der Waals surface area contributed by atoms with E-state index in [-0.39, 0.29) is 46.0 Å². The van der Waals surface area contributed by atoms with E-state index >= 15 is 4.39 Å². The topological polar surface area (TPSA) is 128 Å². The molecule has 37 heavy (non-hydrogen) atoms. The van der Waals surface area contributed by atoms with Crippen LogP contribution in [0.1, 0.15) is 36.8 Å². The number of anilines is 2. The molecular weight excluding hydrogens is 526 g/mol. The van der Waals surface area contributed by atoms with Crippen LogP contribution in [0.15, 0.2) is 18.5 Å². The first kappa shape index (κ1) is 24.2. The molecule has 3 aromatic rings. The number of hydrogen-bond acceptors (Lipinski definition) is 8. The lowest BCUT2D eigenvalue weighted by molar-refractivity contribution is -0.330. The lowest BCUT2D eigenvalue weighted by atomic mass is 9.50. The number of H-pyrrole nitrogens is 1. The van der Waals surface area contributed by atoms with E-state index < -0.39 is 37.4 Å². The third-order valence-electron chi connectivity index (χ3n) is 6.77. The van der Waals surface area contributed by atoms with Crippen molar-refractivity contribution in [3.05, 3.63) is 34.9 Å². The third kappa shape index (κ3) is 4.66. The van der Waals surface area contributed by atoms with Crippen LogP contribution in [0, 0.1) is 5.92 Å². The van der Waals surface area contributed by atoms with Crippen LogP contribution in [0.3, 0.4) is 0 Å². The Morgan fingerprint density at radius 3 is 2.84 bits per heavy atom. The highest BCUT2D eigenvalue weighted by molar-refractivity contribution is 6.33. The average molecular weight is 546 g/mol. The van der Waals surface area contributed by atoms with Gasteiger partial charge in [0.05, 0.1) is 30.8 Å². The summed E-state index contributed by atoms with van der Waals surface area (Å²) in [6, 6.07) is 1.48. The van der Waals surface area contributed by atoms with Crippen LogP contribution in [-0.4, -0.2) is 61.4 Å². The van der Waals surface area contributed by atoms with Gasteiger partial charge in [0.25, 0.3) is 0 Å². The van der Waals surface area contributed by atoms with Crippen molar-refractivity contribution in [3.63, 3.8) is 0 Å². The first-order valence-corrected chi connectivity index (χ1v) is 11.8. The first-order chi connectivity index (χ1) is 17.6. The number of hydrogen-bond donors (Lipinski definition) is 3. The maximum atomic E-state index is 15.1. The molecule has 4 aliphatic rings. The van der Waals surface area contributed by atoms with E-state index in [1.807, 2.05) is 0 Å². The van der Waals surface area contributed by atoms with Gasteiger partial charge in [-0.2, -0.15) is 5.10 Å². The number of alkyl halides is 4. The predicted molar refractivity (Wildman–Crippen MR) is 118 cm³/mol. The SMILES string of the molecule is O=C(NC12CC(C1)C2)O[C@H]1CO[C@@H](c2cc(Nc3ncc(Cl)c4nc(COC(F)(F)F)cn34)n[nH]2)[C@@H]1F. The number of halogens is 5. The van der Waals surface area contributed by atoms with Crippen LogP contribution >= 0.6 is 11.6 Å². The molecule has 0 aromatic carbocycles. The maximum absolute atomic E-state index is 15.1. The molecule has 3 saturated carbocycles. The molecule has 3 aromatic heterocycles. The number of carbonyl (C=O) groups excluding carboxylic acids is 1.